The first-order valence-electron chi connectivity index (χ1n) is 7.50. The molecule has 2 aromatic carbocycles. The highest BCUT2D eigenvalue weighted by Crippen LogP contribution is 2.42. The van der Waals surface area contributed by atoms with Crippen molar-refractivity contribution in [2.75, 3.05) is 7.11 Å². The molecule has 0 bridgehead atoms. The van der Waals surface area contributed by atoms with E-state index < -0.39 is 0 Å². The Kier molecular flexibility index (Phi) is 3.61. The maximum Gasteiger partial charge on any atom is 0.168 e. The van der Waals surface area contributed by atoms with Gasteiger partial charge in [-0.3, -0.25) is 4.79 Å². The molecule has 1 aliphatic rings. The van der Waals surface area contributed by atoms with Gasteiger partial charge in [0.15, 0.2) is 5.78 Å². The number of allylic oxidation sites excluding steroid dienone is 2. The summed E-state index contributed by atoms with van der Waals surface area (Å²) in [5, 5.41) is 0. The molecule has 0 aromatic heterocycles. The zero-order chi connectivity index (χ0) is 15.9. The quantitative estimate of drug-likeness (QED) is 0.832. The van der Waals surface area contributed by atoms with Gasteiger partial charge < -0.3 is 4.74 Å². The number of ketones is 1. The number of methoxy groups -OCH3 is 1. The number of hydrogen-bond donors (Lipinski definition) is 0. The minimum absolute atomic E-state index is 0.222. The minimum atomic E-state index is 0.222. The standard InChI is InChI=1S/C20H20O2/c1-12-9-13(2)19(14(3)10-12)17-11-18(21)20(17)15-5-7-16(22-4)8-6-15/h5-10H,11H2,1-4H3. The van der Waals surface area contributed by atoms with Crippen LogP contribution in [0.2, 0.25) is 0 Å². The maximum atomic E-state index is 12.2. The van der Waals surface area contributed by atoms with Gasteiger partial charge in [0.25, 0.3) is 0 Å². The van der Waals surface area contributed by atoms with Gasteiger partial charge in [0, 0.05) is 12.0 Å². The average Bonchev–Trinajstić information content (AvgIpc) is 2.46. The summed E-state index contributed by atoms with van der Waals surface area (Å²) >= 11 is 0. The van der Waals surface area contributed by atoms with E-state index in [0.717, 1.165) is 16.9 Å². The number of carbonyl (C=O) groups is 1. The van der Waals surface area contributed by atoms with E-state index in [1.54, 1.807) is 7.11 Å². The van der Waals surface area contributed by atoms with Crippen molar-refractivity contribution in [3.8, 4) is 5.75 Å². The van der Waals surface area contributed by atoms with Gasteiger partial charge in [0.05, 0.1) is 7.11 Å². The number of aryl methyl sites for hydroxylation is 3. The van der Waals surface area contributed by atoms with Gasteiger partial charge in [-0.25, -0.2) is 0 Å². The predicted octanol–water partition coefficient (Wildman–Crippen LogP) is 4.50. The molecule has 0 spiro atoms. The lowest BCUT2D eigenvalue weighted by Crippen LogP contribution is -2.17. The Labute approximate surface area is 131 Å². The summed E-state index contributed by atoms with van der Waals surface area (Å²) in [6, 6.07) is 12.1. The highest BCUT2D eigenvalue weighted by atomic mass is 16.5. The monoisotopic (exact) mass is 292 g/mol. The molecular formula is C20H20O2. The normalized spacial score (nSPS) is 14.1. The van der Waals surface area contributed by atoms with E-state index >= 15 is 0 Å². The third-order valence-corrected chi connectivity index (χ3v) is 4.28. The van der Waals surface area contributed by atoms with Gasteiger partial charge in [0.1, 0.15) is 5.75 Å². The molecule has 0 aliphatic heterocycles. The fourth-order valence-electron chi connectivity index (χ4n) is 3.36. The Morgan fingerprint density at radius 1 is 0.955 bits per heavy atom. The molecule has 0 saturated heterocycles. The number of rotatable bonds is 3. The van der Waals surface area contributed by atoms with Crippen LogP contribution in [0.3, 0.4) is 0 Å². The summed E-state index contributed by atoms with van der Waals surface area (Å²) in [7, 11) is 1.65. The molecule has 112 valence electrons. The van der Waals surface area contributed by atoms with Gasteiger partial charge in [-0.05, 0) is 60.7 Å². The van der Waals surface area contributed by atoms with Crippen molar-refractivity contribution in [1.82, 2.24) is 0 Å². The van der Waals surface area contributed by atoms with E-state index in [2.05, 4.69) is 32.9 Å². The first kappa shape index (κ1) is 14.6. The SMILES string of the molecule is COc1ccc(C2=C(c3c(C)cc(C)cc3C)CC2=O)cc1. The smallest absolute Gasteiger partial charge is 0.168 e. The Bertz CT molecular complexity index is 757. The van der Waals surface area contributed by atoms with Crippen LogP contribution in [0.1, 0.15) is 34.2 Å². The van der Waals surface area contributed by atoms with Crippen LogP contribution in [0.15, 0.2) is 36.4 Å². The summed E-state index contributed by atoms with van der Waals surface area (Å²) in [6.07, 6.45) is 0.534. The van der Waals surface area contributed by atoms with Gasteiger partial charge in [-0.1, -0.05) is 29.8 Å². The van der Waals surface area contributed by atoms with Gasteiger partial charge in [0.2, 0.25) is 0 Å². The summed E-state index contributed by atoms with van der Waals surface area (Å²) in [5.74, 6) is 1.03. The molecule has 0 atom stereocenters. The number of carbonyl (C=O) groups excluding carboxylic acids is 1. The number of hydrogen-bond acceptors (Lipinski definition) is 2. The third-order valence-electron chi connectivity index (χ3n) is 4.28. The molecule has 2 nitrogen and oxygen atoms in total. The number of benzene rings is 2. The topological polar surface area (TPSA) is 26.3 Å². The van der Waals surface area contributed by atoms with Crippen LogP contribution >= 0.6 is 0 Å². The van der Waals surface area contributed by atoms with E-state index in [1.807, 2.05) is 24.3 Å². The minimum Gasteiger partial charge on any atom is -0.497 e. The molecular weight excluding hydrogens is 272 g/mol. The Morgan fingerprint density at radius 3 is 2.05 bits per heavy atom. The first-order valence-corrected chi connectivity index (χ1v) is 7.50. The lowest BCUT2D eigenvalue weighted by molar-refractivity contribution is -0.113. The number of ether oxygens (including phenoxy) is 1. The molecule has 0 amide bonds. The van der Waals surface area contributed by atoms with E-state index in [-0.39, 0.29) is 5.78 Å². The van der Waals surface area contributed by atoms with Crippen molar-refractivity contribution in [2.24, 2.45) is 0 Å². The lowest BCUT2D eigenvalue weighted by atomic mass is 9.76. The first-order chi connectivity index (χ1) is 10.5. The fourth-order valence-corrected chi connectivity index (χ4v) is 3.36. The van der Waals surface area contributed by atoms with Crippen LogP contribution in [0.25, 0.3) is 11.1 Å². The third kappa shape index (κ3) is 2.35. The zero-order valence-electron chi connectivity index (χ0n) is 13.5. The summed E-state index contributed by atoms with van der Waals surface area (Å²) < 4.78 is 5.19. The molecule has 0 unspecified atom stereocenters. The largest absolute Gasteiger partial charge is 0.497 e. The van der Waals surface area contributed by atoms with Crippen LogP contribution in [-0.4, -0.2) is 12.9 Å². The zero-order valence-corrected chi connectivity index (χ0v) is 13.5. The molecule has 2 heteroatoms. The van der Waals surface area contributed by atoms with Gasteiger partial charge in [-0.2, -0.15) is 0 Å². The highest BCUT2D eigenvalue weighted by Gasteiger charge is 2.30. The second-order valence-electron chi connectivity index (χ2n) is 5.96. The van der Waals surface area contributed by atoms with Crippen LogP contribution < -0.4 is 4.74 Å². The maximum absolute atomic E-state index is 12.2. The van der Waals surface area contributed by atoms with Crippen molar-refractivity contribution < 1.29 is 9.53 Å². The van der Waals surface area contributed by atoms with Crippen LogP contribution in [0.4, 0.5) is 0 Å². The molecule has 1 aliphatic carbocycles. The van der Waals surface area contributed by atoms with E-state index in [0.29, 0.717) is 6.42 Å². The summed E-state index contributed by atoms with van der Waals surface area (Å²) in [5.41, 5.74) is 7.98. The van der Waals surface area contributed by atoms with Crippen molar-refractivity contribution in [3.63, 3.8) is 0 Å². The van der Waals surface area contributed by atoms with Crippen molar-refractivity contribution in [3.05, 3.63) is 64.2 Å². The van der Waals surface area contributed by atoms with Gasteiger partial charge in [-0.15, -0.1) is 0 Å². The molecule has 0 fully saturated rings. The molecule has 0 heterocycles. The van der Waals surface area contributed by atoms with Crippen LogP contribution in [0, 0.1) is 20.8 Å². The van der Waals surface area contributed by atoms with Crippen molar-refractivity contribution in [1.29, 1.82) is 0 Å². The molecule has 3 rings (SSSR count). The fraction of sp³-hybridized carbons (Fsp3) is 0.250. The average molecular weight is 292 g/mol. The highest BCUT2D eigenvalue weighted by molar-refractivity contribution is 6.38. The van der Waals surface area contributed by atoms with Crippen molar-refractivity contribution in [2.45, 2.75) is 27.2 Å². The Hall–Kier alpha value is -2.35. The molecule has 2 aromatic rings. The van der Waals surface area contributed by atoms with E-state index in [9.17, 15) is 4.79 Å². The van der Waals surface area contributed by atoms with Crippen LogP contribution in [0.5, 0.6) is 5.75 Å². The number of Topliss-reactive ketones (excluding diaryl/α,β-unsaturated/α-hetero) is 1. The van der Waals surface area contributed by atoms with Gasteiger partial charge >= 0.3 is 0 Å². The van der Waals surface area contributed by atoms with Crippen molar-refractivity contribution >= 4 is 16.9 Å². The lowest BCUT2D eigenvalue weighted by Gasteiger charge is -2.26. The van der Waals surface area contributed by atoms with E-state index in [1.165, 1.54) is 27.8 Å². The molecule has 0 saturated carbocycles. The molecule has 22 heavy (non-hydrogen) atoms. The van der Waals surface area contributed by atoms with Crippen LogP contribution in [-0.2, 0) is 4.79 Å². The second-order valence-corrected chi connectivity index (χ2v) is 5.96. The van der Waals surface area contributed by atoms with E-state index in [4.69, 9.17) is 4.74 Å². The summed E-state index contributed by atoms with van der Waals surface area (Å²) in [4.78, 5) is 12.2. The Morgan fingerprint density at radius 2 is 1.55 bits per heavy atom. The predicted molar refractivity (Wildman–Crippen MR) is 90.1 cm³/mol. The second kappa shape index (κ2) is 5.45. The molecule has 0 N–H and O–H groups in total. The molecule has 0 radical (unpaired) electrons. The Balaban J connectivity index is 2.13. The summed E-state index contributed by atoms with van der Waals surface area (Å²) in [6.45, 7) is 6.35.